The van der Waals surface area contributed by atoms with Crippen molar-refractivity contribution < 1.29 is 9.90 Å². The van der Waals surface area contributed by atoms with E-state index in [1.807, 2.05) is 6.92 Å². The zero-order chi connectivity index (χ0) is 10.3. The summed E-state index contributed by atoms with van der Waals surface area (Å²) in [6, 6.07) is 3.28. The van der Waals surface area contributed by atoms with Crippen LogP contribution in [0.15, 0.2) is 16.0 Å². The van der Waals surface area contributed by atoms with Crippen LogP contribution < -0.4 is 0 Å². The van der Waals surface area contributed by atoms with Crippen molar-refractivity contribution in [3.05, 3.63) is 27.2 Å². The monoisotopic (exact) mass is 271 g/mol. The molecule has 0 saturated heterocycles. The van der Waals surface area contributed by atoms with Crippen LogP contribution in [0.5, 0.6) is 0 Å². The molecule has 5 heteroatoms. The molecule has 0 amide bonds. The zero-order valence-electron chi connectivity index (χ0n) is 7.24. The van der Waals surface area contributed by atoms with Crippen LogP contribution in [0.25, 0.3) is 10.2 Å². The maximum atomic E-state index is 10.8. The van der Waals surface area contributed by atoms with E-state index in [4.69, 9.17) is 5.11 Å². The molecular weight excluding hydrogens is 266 g/mol. The Morgan fingerprint density at radius 3 is 2.93 bits per heavy atom. The zero-order valence-corrected chi connectivity index (χ0v) is 9.65. The molecule has 0 spiro atoms. The first kappa shape index (κ1) is 9.61. The molecule has 0 fully saturated rings. The van der Waals surface area contributed by atoms with Crippen LogP contribution in [0.3, 0.4) is 0 Å². The number of nitrogens with zero attached hydrogens (tertiary/aromatic N) is 1. The Balaban J connectivity index is 2.77. The van der Waals surface area contributed by atoms with Crippen LogP contribution in [0.2, 0.25) is 0 Å². The summed E-state index contributed by atoms with van der Waals surface area (Å²) in [5, 5.41) is 8.85. The first-order valence-corrected chi connectivity index (χ1v) is 5.49. The molecule has 0 radical (unpaired) electrons. The molecule has 2 rings (SSSR count). The predicted octanol–water partition coefficient (Wildman–Crippen LogP) is 3.07. The molecule has 2 aromatic rings. The minimum atomic E-state index is -0.903. The van der Waals surface area contributed by atoms with Crippen LogP contribution in [0.4, 0.5) is 0 Å². The van der Waals surface area contributed by atoms with Gasteiger partial charge in [0.15, 0.2) is 3.92 Å². The summed E-state index contributed by atoms with van der Waals surface area (Å²) in [6.45, 7) is 1.86. The smallest absolute Gasteiger partial charge is 0.335 e. The molecule has 1 aromatic heterocycles. The molecular formula is C9H6BrNO2S. The first-order valence-electron chi connectivity index (χ1n) is 3.88. The van der Waals surface area contributed by atoms with Gasteiger partial charge in [-0.2, -0.15) is 0 Å². The van der Waals surface area contributed by atoms with Crippen molar-refractivity contribution in [2.45, 2.75) is 6.92 Å². The highest BCUT2D eigenvalue weighted by atomic mass is 79.9. The third-order valence-electron chi connectivity index (χ3n) is 1.91. The maximum absolute atomic E-state index is 10.8. The van der Waals surface area contributed by atoms with E-state index in [1.165, 1.54) is 11.3 Å². The third-order valence-corrected chi connectivity index (χ3v) is 3.36. The average molecular weight is 272 g/mol. The number of carbonyl (C=O) groups is 1. The van der Waals surface area contributed by atoms with Gasteiger partial charge in [0.2, 0.25) is 0 Å². The molecule has 1 N–H and O–H groups in total. The van der Waals surface area contributed by atoms with E-state index in [0.717, 1.165) is 19.7 Å². The second-order valence-electron chi connectivity index (χ2n) is 2.91. The minimum Gasteiger partial charge on any atom is -0.478 e. The minimum absolute atomic E-state index is 0.311. The van der Waals surface area contributed by atoms with Gasteiger partial charge in [0.1, 0.15) is 0 Å². The lowest BCUT2D eigenvalue weighted by Gasteiger charge is -1.97. The topological polar surface area (TPSA) is 50.2 Å². The number of carboxylic acid groups (broad SMARTS) is 1. The number of carboxylic acids is 1. The molecule has 0 atom stereocenters. The van der Waals surface area contributed by atoms with Gasteiger partial charge in [-0.3, -0.25) is 0 Å². The molecule has 0 saturated carbocycles. The fraction of sp³-hybridized carbons (Fsp3) is 0.111. The molecule has 0 aliphatic carbocycles. The van der Waals surface area contributed by atoms with Crippen LogP contribution in [0.1, 0.15) is 15.9 Å². The van der Waals surface area contributed by atoms with Crippen LogP contribution in [-0.2, 0) is 0 Å². The predicted molar refractivity (Wildman–Crippen MR) is 59.0 cm³/mol. The van der Waals surface area contributed by atoms with Crippen molar-refractivity contribution >= 4 is 43.5 Å². The van der Waals surface area contributed by atoms with Crippen LogP contribution >= 0.6 is 27.3 Å². The fourth-order valence-electron chi connectivity index (χ4n) is 1.29. The SMILES string of the molecule is Cc1cc(C(=O)O)cc2sc(Br)nc12. The molecule has 1 aromatic carbocycles. The van der Waals surface area contributed by atoms with Gasteiger partial charge >= 0.3 is 5.97 Å². The van der Waals surface area contributed by atoms with Gasteiger partial charge in [0.05, 0.1) is 15.8 Å². The quantitative estimate of drug-likeness (QED) is 0.867. The average Bonchev–Trinajstić information content (AvgIpc) is 2.45. The van der Waals surface area contributed by atoms with Gasteiger partial charge in [-0.05, 0) is 40.5 Å². The number of thiazole rings is 1. The van der Waals surface area contributed by atoms with Crippen molar-refractivity contribution in [3.63, 3.8) is 0 Å². The molecule has 0 aliphatic rings. The van der Waals surface area contributed by atoms with Gasteiger partial charge in [0.25, 0.3) is 0 Å². The van der Waals surface area contributed by atoms with Crippen LogP contribution in [0, 0.1) is 6.92 Å². The summed E-state index contributed by atoms with van der Waals surface area (Å²) in [5.74, 6) is -0.903. The highest BCUT2D eigenvalue weighted by Gasteiger charge is 2.09. The van der Waals surface area contributed by atoms with Crippen molar-refractivity contribution in [2.24, 2.45) is 0 Å². The van der Waals surface area contributed by atoms with Gasteiger partial charge in [-0.25, -0.2) is 9.78 Å². The second kappa shape index (κ2) is 3.33. The number of halogens is 1. The number of hydrogen-bond acceptors (Lipinski definition) is 3. The summed E-state index contributed by atoms with van der Waals surface area (Å²) < 4.78 is 1.67. The number of aromatic nitrogens is 1. The van der Waals surface area contributed by atoms with Gasteiger partial charge in [-0.1, -0.05) is 0 Å². The van der Waals surface area contributed by atoms with Gasteiger partial charge in [-0.15, -0.1) is 11.3 Å². The maximum Gasteiger partial charge on any atom is 0.335 e. The van der Waals surface area contributed by atoms with E-state index < -0.39 is 5.97 Å². The summed E-state index contributed by atoms with van der Waals surface area (Å²) in [5.41, 5.74) is 2.07. The largest absolute Gasteiger partial charge is 0.478 e. The summed E-state index contributed by atoms with van der Waals surface area (Å²) >= 11 is 4.72. The van der Waals surface area contributed by atoms with Crippen LogP contribution in [-0.4, -0.2) is 16.1 Å². The lowest BCUT2D eigenvalue weighted by atomic mass is 10.1. The van der Waals surface area contributed by atoms with E-state index in [2.05, 4.69) is 20.9 Å². The normalized spacial score (nSPS) is 10.7. The number of benzene rings is 1. The van der Waals surface area contributed by atoms with E-state index in [-0.39, 0.29) is 0 Å². The molecule has 0 bridgehead atoms. The summed E-state index contributed by atoms with van der Waals surface area (Å²) in [7, 11) is 0. The first-order chi connectivity index (χ1) is 6.58. The van der Waals surface area contributed by atoms with E-state index >= 15 is 0 Å². The Morgan fingerprint density at radius 2 is 2.29 bits per heavy atom. The van der Waals surface area contributed by atoms with E-state index in [0.29, 0.717) is 5.56 Å². The van der Waals surface area contributed by atoms with E-state index in [1.54, 1.807) is 12.1 Å². The summed E-state index contributed by atoms with van der Waals surface area (Å²) in [6.07, 6.45) is 0. The Morgan fingerprint density at radius 1 is 1.57 bits per heavy atom. The van der Waals surface area contributed by atoms with Crippen molar-refractivity contribution in [3.8, 4) is 0 Å². The second-order valence-corrected chi connectivity index (χ2v) is 5.22. The Bertz CT molecular complexity index is 521. The standard InChI is InChI=1S/C9H6BrNO2S/c1-4-2-5(8(12)13)3-6-7(4)11-9(10)14-6/h2-3H,1H3,(H,12,13). The lowest BCUT2D eigenvalue weighted by Crippen LogP contribution is -1.96. The van der Waals surface area contributed by atoms with Gasteiger partial charge < -0.3 is 5.11 Å². The molecule has 3 nitrogen and oxygen atoms in total. The number of fused-ring (bicyclic) bond motifs is 1. The van der Waals surface area contributed by atoms with Crippen molar-refractivity contribution in [1.29, 1.82) is 0 Å². The Hall–Kier alpha value is -0.940. The third kappa shape index (κ3) is 1.53. The molecule has 0 unspecified atom stereocenters. The Labute approximate surface area is 92.5 Å². The fourth-order valence-corrected chi connectivity index (χ4v) is 2.80. The lowest BCUT2D eigenvalue weighted by molar-refractivity contribution is 0.0697. The van der Waals surface area contributed by atoms with Crippen molar-refractivity contribution in [1.82, 2.24) is 4.98 Å². The highest BCUT2D eigenvalue weighted by molar-refractivity contribution is 9.11. The molecule has 14 heavy (non-hydrogen) atoms. The number of hydrogen-bond donors (Lipinski definition) is 1. The van der Waals surface area contributed by atoms with Gasteiger partial charge in [0, 0.05) is 0 Å². The number of aromatic carboxylic acids is 1. The highest BCUT2D eigenvalue weighted by Crippen LogP contribution is 2.29. The number of aryl methyl sites for hydroxylation is 1. The number of rotatable bonds is 1. The summed E-state index contributed by atoms with van der Waals surface area (Å²) in [4.78, 5) is 15.0. The molecule has 1 heterocycles. The van der Waals surface area contributed by atoms with E-state index in [9.17, 15) is 4.79 Å². The molecule has 0 aliphatic heterocycles. The van der Waals surface area contributed by atoms with Crippen molar-refractivity contribution in [2.75, 3.05) is 0 Å². The Kier molecular flexibility index (Phi) is 2.28. The molecule has 72 valence electrons.